The van der Waals surface area contributed by atoms with Crippen LogP contribution in [0.3, 0.4) is 0 Å². The fourth-order valence-electron chi connectivity index (χ4n) is 2.32. The topological polar surface area (TPSA) is 67.6 Å². The number of primary amides is 1. The van der Waals surface area contributed by atoms with Crippen molar-refractivity contribution < 1.29 is 9.53 Å². The predicted octanol–water partition coefficient (Wildman–Crippen LogP) is 1.06. The SMILES string of the molecule is CN1CCCC(Nc2ccc(OCC(N)=O)cc2)C1. The lowest BCUT2D eigenvalue weighted by Crippen LogP contribution is -2.39. The van der Waals surface area contributed by atoms with Gasteiger partial charge in [-0.15, -0.1) is 0 Å². The van der Waals surface area contributed by atoms with Gasteiger partial charge in [0.1, 0.15) is 5.75 Å². The van der Waals surface area contributed by atoms with Gasteiger partial charge in [0.05, 0.1) is 0 Å². The smallest absolute Gasteiger partial charge is 0.255 e. The highest BCUT2D eigenvalue weighted by atomic mass is 16.5. The molecule has 0 spiro atoms. The summed E-state index contributed by atoms with van der Waals surface area (Å²) in [6, 6.07) is 8.11. The molecule has 5 nitrogen and oxygen atoms in total. The Labute approximate surface area is 113 Å². The van der Waals surface area contributed by atoms with E-state index in [1.165, 1.54) is 19.4 Å². The minimum atomic E-state index is -0.465. The number of hydrogen-bond donors (Lipinski definition) is 2. The van der Waals surface area contributed by atoms with E-state index >= 15 is 0 Å². The maximum atomic E-state index is 10.6. The molecule has 0 saturated carbocycles. The Balaban J connectivity index is 1.85. The molecule has 1 saturated heterocycles. The van der Waals surface area contributed by atoms with Crippen molar-refractivity contribution in [2.75, 3.05) is 32.1 Å². The highest BCUT2D eigenvalue weighted by Crippen LogP contribution is 2.19. The first-order valence-electron chi connectivity index (χ1n) is 6.60. The first-order valence-corrected chi connectivity index (χ1v) is 6.60. The van der Waals surface area contributed by atoms with Gasteiger partial charge in [0.15, 0.2) is 6.61 Å². The van der Waals surface area contributed by atoms with Gasteiger partial charge in [-0.2, -0.15) is 0 Å². The number of anilines is 1. The van der Waals surface area contributed by atoms with Crippen molar-refractivity contribution in [3.8, 4) is 5.75 Å². The molecule has 1 unspecified atom stereocenters. The maximum absolute atomic E-state index is 10.6. The zero-order chi connectivity index (χ0) is 13.7. The van der Waals surface area contributed by atoms with Crippen LogP contribution < -0.4 is 15.8 Å². The van der Waals surface area contributed by atoms with E-state index in [-0.39, 0.29) is 6.61 Å². The van der Waals surface area contributed by atoms with E-state index in [1.54, 1.807) is 0 Å². The first-order chi connectivity index (χ1) is 9.13. The minimum Gasteiger partial charge on any atom is -0.484 e. The van der Waals surface area contributed by atoms with Crippen molar-refractivity contribution in [3.05, 3.63) is 24.3 Å². The number of carbonyl (C=O) groups excluding carboxylic acids is 1. The lowest BCUT2D eigenvalue weighted by atomic mass is 10.1. The first kappa shape index (κ1) is 13.7. The summed E-state index contributed by atoms with van der Waals surface area (Å²) in [5.74, 6) is 0.192. The van der Waals surface area contributed by atoms with Crippen LogP contribution in [0, 0.1) is 0 Å². The summed E-state index contributed by atoms with van der Waals surface area (Å²) in [5, 5.41) is 3.51. The second kappa shape index (κ2) is 6.43. The maximum Gasteiger partial charge on any atom is 0.255 e. The van der Waals surface area contributed by atoms with Gasteiger partial charge in [-0.3, -0.25) is 4.79 Å². The number of nitrogens with zero attached hydrogens (tertiary/aromatic N) is 1. The molecule has 1 aliphatic heterocycles. The number of amides is 1. The van der Waals surface area contributed by atoms with Gasteiger partial charge in [0.25, 0.3) is 5.91 Å². The summed E-state index contributed by atoms with van der Waals surface area (Å²) in [4.78, 5) is 13.0. The molecule has 19 heavy (non-hydrogen) atoms. The molecule has 0 radical (unpaired) electrons. The van der Waals surface area contributed by atoms with E-state index in [0.29, 0.717) is 11.8 Å². The fraction of sp³-hybridized carbons (Fsp3) is 0.500. The van der Waals surface area contributed by atoms with Crippen molar-refractivity contribution in [2.24, 2.45) is 5.73 Å². The number of likely N-dealkylation sites (N-methyl/N-ethyl adjacent to an activating group) is 1. The van der Waals surface area contributed by atoms with Crippen LogP contribution in [0.25, 0.3) is 0 Å². The van der Waals surface area contributed by atoms with Crippen LogP contribution in [0.15, 0.2) is 24.3 Å². The van der Waals surface area contributed by atoms with Crippen molar-refractivity contribution in [3.63, 3.8) is 0 Å². The monoisotopic (exact) mass is 263 g/mol. The van der Waals surface area contributed by atoms with E-state index in [0.717, 1.165) is 12.2 Å². The predicted molar refractivity (Wildman–Crippen MR) is 75.3 cm³/mol. The molecule has 2 rings (SSSR count). The molecule has 1 heterocycles. The van der Waals surface area contributed by atoms with Crippen LogP contribution in [0.4, 0.5) is 5.69 Å². The van der Waals surface area contributed by atoms with Crippen molar-refractivity contribution in [2.45, 2.75) is 18.9 Å². The summed E-state index contributed by atoms with van der Waals surface area (Å²) in [7, 11) is 2.15. The third-order valence-electron chi connectivity index (χ3n) is 3.23. The van der Waals surface area contributed by atoms with Crippen LogP contribution in [-0.2, 0) is 4.79 Å². The summed E-state index contributed by atoms with van der Waals surface area (Å²) < 4.78 is 5.22. The zero-order valence-corrected chi connectivity index (χ0v) is 11.3. The molecule has 0 aliphatic carbocycles. The van der Waals surface area contributed by atoms with E-state index in [9.17, 15) is 4.79 Å². The molecule has 1 fully saturated rings. The summed E-state index contributed by atoms with van der Waals surface area (Å²) >= 11 is 0. The molecule has 104 valence electrons. The molecule has 1 amide bonds. The van der Waals surface area contributed by atoms with Gasteiger partial charge >= 0.3 is 0 Å². The largest absolute Gasteiger partial charge is 0.484 e. The molecule has 0 aromatic heterocycles. The standard InChI is InChI=1S/C14H21N3O2/c1-17-8-2-3-12(9-17)16-11-4-6-13(7-5-11)19-10-14(15)18/h4-7,12,16H,2-3,8-10H2,1H3,(H2,15,18). The van der Waals surface area contributed by atoms with E-state index in [1.807, 2.05) is 24.3 Å². The quantitative estimate of drug-likeness (QED) is 0.833. The number of carbonyl (C=O) groups is 1. The van der Waals surface area contributed by atoms with Crippen molar-refractivity contribution >= 4 is 11.6 Å². The summed E-state index contributed by atoms with van der Waals surface area (Å²) in [6.45, 7) is 2.16. The van der Waals surface area contributed by atoms with E-state index in [2.05, 4.69) is 17.3 Å². The number of ether oxygens (including phenoxy) is 1. The second-order valence-electron chi connectivity index (χ2n) is 5.03. The van der Waals surface area contributed by atoms with Gasteiger partial charge in [0.2, 0.25) is 0 Å². The average molecular weight is 263 g/mol. The number of hydrogen-bond acceptors (Lipinski definition) is 4. The number of benzene rings is 1. The highest BCUT2D eigenvalue weighted by Gasteiger charge is 2.16. The van der Waals surface area contributed by atoms with E-state index < -0.39 is 5.91 Å². The number of rotatable bonds is 5. The molecule has 1 atom stereocenters. The van der Waals surface area contributed by atoms with Gasteiger partial charge in [-0.25, -0.2) is 0 Å². The Morgan fingerprint density at radius 2 is 2.21 bits per heavy atom. The number of likely N-dealkylation sites (tertiary alicyclic amines) is 1. The average Bonchev–Trinajstić information content (AvgIpc) is 2.38. The Bertz CT molecular complexity index is 419. The number of piperidine rings is 1. The molecule has 1 aliphatic rings. The second-order valence-corrected chi connectivity index (χ2v) is 5.03. The number of nitrogens with one attached hydrogen (secondary N) is 1. The van der Waals surface area contributed by atoms with Crippen LogP contribution in [-0.4, -0.2) is 43.6 Å². The van der Waals surface area contributed by atoms with Crippen LogP contribution in [0.5, 0.6) is 5.75 Å². The summed E-state index contributed by atoms with van der Waals surface area (Å²) in [6.07, 6.45) is 2.43. The molecule has 0 bridgehead atoms. The highest BCUT2D eigenvalue weighted by molar-refractivity contribution is 5.75. The molecule has 3 N–H and O–H groups in total. The van der Waals surface area contributed by atoms with Crippen molar-refractivity contribution in [1.82, 2.24) is 4.90 Å². The van der Waals surface area contributed by atoms with Crippen LogP contribution in [0.1, 0.15) is 12.8 Å². The van der Waals surface area contributed by atoms with Crippen LogP contribution in [0.2, 0.25) is 0 Å². The number of nitrogens with two attached hydrogens (primary N) is 1. The zero-order valence-electron chi connectivity index (χ0n) is 11.3. The third kappa shape index (κ3) is 4.44. The lowest BCUT2D eigenvalue weighted by Gasteiger charge is -2.30. The molecule has 1 aromatic rings. The van der Waals surface area contributed by atoms with Crippen LogP contribution >= 0.6 is 0 Å². The Morgan fingerprint density at radius 1 is 1.47 bits per heavy atom. The van der Waals surface area contributed by atoms with Gasteiger partial charge in [-0.1, -0.05) is 0 Å². The molecular formula is C14H21N3O2. The minimum absolute atomic E-state index is 0.0831. The molecule has 5 heteroatoms. The van der Waals surface area contributed by atoms with E-state index in [4.69, 9.17) is 10.5 Å². The van der Waals surface area contributed by atoms with Gasteiger partial charge in [0, 0.05) is 18.3 Å². The third-order valence-corrected chi connectivity index (χ3v) is 3.23. The van der Waals surface area contributed by atoms with Gasteiger partial charge < -0.3 is 20.7 Å². The normalized spacial score (nSPS) is 19.9. The molecule has 1 aromatic carbocycles. The Morgan fingerprint density at radius 3 is 2.84 bits per heavy atom. The van der Waals surface area contributed by atoms with Crippen molar-refractivity contribution in [1.29, 1.82) is 0 Å². The Hall–Kier alpha value is -1.75. The fourth-order valence-corrected chi connectivity index (χ4v) is 2.32. The van der Waals surface area contributed by atoms with Gasteiger partial charge in [-0.05, 0) is 50.7 Å². The lowest BCUT2D eigenvalue weighted by molar-refractivity contribution is -0.119. The molecular weight excluding hydrogens is 242 g/mol. The summed E-state index contributed by atoms with van der Waals surface area (Å²) in [5.41, 5.74) is 6.10. The Kier molecular flexibility index (Phi) is 4.63.